The molecule has 0 amide bonds. The summed E-state index contributed by atoms with van der Waals surface area (Å²) in [5.41, 5.74) is 5.96. The predicted molar refractivity (Wildman–Crippen MR) is 65.3 cm³/mol. The second-order valence-electron chi connectivity index (χ2n) is 5.73. The first-order valence-electron chi connectivity index (χ1n) is 5.89. The first kappa shape index (κ1) is 14.1. The van der Waals surface area contributed by atoms with Crippen LogP contribution in [0.1, 0.15) is 58.5 Å². The lowest BCUT2D eigenvalue weighted by molar-refractivity contribution is 0.0555. The van der Waals surface area contributed by atoms with Gasteiger partial charge < -0.3 is 15.0 Å². The van der Waals surface area contributed by atoms with Crippen LogP contribution in [0, 0.1) is 11.3 Å². The molecule has 0 radical (unpaired) electrons. The summed E-state index contributed by atoms with van der Waals surface area (Å²) in [6, 6.07) is -0.270. The smallest absolute Gasteiger partial charge is 0.244 e. The largest absolute Gasteiger partial charge is 0.373 e. The SMILES string of the molecule is COC(c1noc([C@H](N)C(C)(C)C)n1)C(C)C. The minimum atomic E-state index is -0.270. The second kappa shape index (κ2) is 5.14. The van der Waals surface area contributed by atoms with Gasteiger partial charge >= 0.3 is 0 Å². The van der Waals surface area contributed by atoms with E-state index in [4.69, 9.17) is 15.0 Å². The third-order valence-electron chi connectivity index (χ3n) is 2.77. The number of hydrogen-bond donors (Lipinski definition) is 1. The molecule has 5 nitrogen and oxygen atoms in total. The monoisotopic (exact) mass is 241 g/mol. The average molecular weight is 241 g/mol. The van der Waals surface area contributed by atoms with Crippen LogP contribution in [0.15, 0.2) is 4.52 Å². The summed E-state index contributed by atoms with van der Waals surface area (Å²) >= 11 is 0. The third kappa shape index (κ3) is 3.26. The van der Waals surface area contributed by atoms with Crippen molar-refractivity contribution in [1.29, 1.82) is 0 Å². The highest BCUT2D eigenvalue weighted by Crippen LogP contribution is 2.31. The van der Waals surface area contributed by atoms with E-state index in [1.54, 1.807) is 7.11 Å². The van der Waals surface area contributed by atoms with Crippen molar-refractivity contribution in [2.75, 3.05) is 7.11 Å². The van der Waals surface area contributed by atoms with E-state index in [-0.39, 0.29) is 23.5 Å². The van der Waals surface area contributed by atoms with Gasteiger partial charge in [-0.1, -0.05) is 39.8 Å². The molecule has 0 aliphatic rings. The van der Waals surface area contributed by atoms with Gasteiger partial charge in [0, 0.05) is 7.11 Å². The van der Waals surface area contributed by atoms with E-state index in [0.29, 0.717) is 11.7 Å². The van der Waals surface area contributed by atoms with Gasteiger partial charge in [-0.2, -0.15) is 4.98 Å². The van der Waals surface area contributed by atoms with Crippen molar-refractivity contribution in [3.8, 4) is 0 Å². The number of hydrogen-bond acceptors (Lipinski definition) is 5. The molecule has 1 unspecified atom stereocenters. The number of rotatable bonds is 4. The molecule has 0 aliphatic carbocycles. The van der Waals surface area contributed by atoms with Crippen LogP contribution in [-0.2, 0) is 4.74 Å². The van der Waals surface area contributed by atoms with E-state index in [9.17, 15) is 0 Å². The highest BCUT2D eigenvalue weighted by atomic mass is 16.5. The van der Waals surface area contributed by atoms with Crippen molar-refractivity contribution in [3.05, 3.63) is 11.7 Å². The number of aromatic nitrogens is 2. The third-order valence-corrected chi connectivity index (χ3v) is 2.77. The quantitative estimate of drug-likeness (QED) is 0.876. The molecule has 0 saturated carbocycles. The zero-order valence-corrected chi connectivity index (χ0v) is 11.5. The fourth-order valence-corrected chi connectivity index (χ4v) is 1.54. The predicted octanol–water partition coefficient (Wildman–Crippen LogP) is 2.46. The van der Waals surface area contributed by atoms with Crippen molar-refractivity contribution < 1.29 is 9.26 Å². The Balaban J connectivity index is 2.91. The molecule has 1 aromatic heterocycles. The van der Waals surface area contributed by atoms with E-state index in [2.05, 4.69) is 10.1 Å². The zero-order chi connectivity index (χ0) is 13.2. The van der Waals surface area contributed by atoms with E-state index in [0.717, 1.165) is 0 Å². The molecule has 0 saturated heterocycles. The number of methoxy groups -OCH3 is 1. The first-order valence-corrected chi connectivity index (χ1v) is 5.89. The van der Waals surface area contributed by atoms with Gasteiger partial charge in [-0.25, -0.2) is 0 Å². The van der Waals surface area contributed by atoms with Crippen molar-refractivity contribution in [3.63, 3.8) is 0 Å². The number of nitrogens with zero attached hydrogens (tertiary/aromatic N) is 2. The van der Waals surface area contributed by atoms with Crippen molar-refractivity contribution in [2.45, 2.75) is 46.8 Å². The zero-order valence-electron chi connectivity index (χ0n) is 11.5. The highest BCUT2D eigenvalue weighted by molar-refractivity contribution is 4.99. The van der Waals surface area contributed by atoms with Gasteiger partial charge in [0.1, 0.15) is 6.10 Å². The molecule has 0 spiro atoms. The fourth-order valence-electron chi connectivity index (χ4n) is 1.54. The fraction of sp³-hybridized carbons (Fsp3) is 0.833. The van der Waals surface area contributed by atoms with Crippen LogP contribution < -0.4 is 5.73 Å². The van der Waals surface area contributed by atoms with Crippen LogP contribution in [0.2, 0.25) is 0 Å². The van der Waals surface area contributed by atoms with Crippen LogP contribution in [-0.4, -0.2) is 17.3 Å². The van der Waals surface area contributed by atoms with E-state index < -0.39 is 0 Å². The molecule has 98 valence electrons. The lowest BCUT2D eigenvalue weighted by Gasteiger charge is -2.23. The molecule has 2 N–H and O–H groups in total. The van der Waals surface area contributed by atoms with Gasteiger partial charge in [-0.3, -0.25) is 0 Å². The maximum Gasteiger partial charge on any atom is 0.244 e. The Hall–Kier alpha value is -0.940. The van der Waals surface area contributed by atoms with Gasteiger partial charge in [0.15, 0.2) is 0 Å². The van der Waals surface area contributed by atoms with Crippen molar-refractivity contribution >= 4 is 0 Å². The maximum absolute atomic E-state index is 6.07. The lowest BCUT2D eigenvalue weighted by Crippen LogP contribution is -2.26. The Kier molecular flexibility index (Phi) is 4.27. The van der Waals surface area contributed by atoms with Gasteiger partial charge in [-0.15, -0.1) is 0 Å². The van der Waals surface area contributed by atoms with Crippen molar-refractivity contribution in [2.24, 2.45) is 17.1 Å². The minimum Gasteiger partial charge on any atom is -0.373 e. The summed E-state index contributed by atoms with van der Waals surface area (Å²) < 4.78 is 10.6. The molecule has 17 heavy (non-hydrogen) atoms. The molecule has 1 heterocycles. The summed E-state index contributed by atoms with van der Waals surface area (Å²) in [5, 5.41) is 3.95. The summed E-state index contributed by atoms with van der Waals surface area (Å²) in [4.78, 5) is 4.34. The molecule has 0 aliphatic heterocycles. The summed E-state index contributed by atoms with van der Waals surface area (Å²) in [7, 11) is 1.64. The molecule has 0 bridgehead atoms. The molecule has 1 rings (SSSR count). The van der Waals surface area contributed by atoms with Gasteiger partial charge in [0.05, 0.1) is 6.04 Å². The normalized spacial score (nSPS) is 16.2. The Morgan fingerprint density at radius 3 is 2.29 bits per heavy atom. The van der Waals surface area contributed by atoms with Crippen LogP contribution in [0.3, 0.4) is 0 Å². The van der Waals surface area contributed by atoms with E-state index in [1.807, 2.05) is 34.6 Å². The number of nitrogens with two attached hydrogens (primary N) is 1. The summed E-state index contributed by atoms with van der Waals surface area (Å²) in [6.07, 6.45) is -0.153. The minimum absolute atomic E-state index is 0.107. The Morgan fingerprint density at radius 2 is 1.88 bits per heavy atom. The maximum atomic E-state index is 6.07. The van der Waals surface area contributed by atoms with E-state index in [1.165, 1.54) is 0 Å². The first-order chi connectivity index (χ1) is 7.77. The Labute approximate surface area is 103 Å². The van der Waals surface area contributed by atoms with Gasteiger partial charge in [0.2, 0.25) is 11.7 Å². The standard InChI is InChI=1S/C12H23N3O2/c1-7(2)8(16-6)10-14-11(17-15-10)9(13)12(3,4)5/h7-9H,13H2,1-6H3/t8?,9-/m0/s1. The Morgan fingerprint density at radius 1 is 1.29 bits per heavy atom. The number of ether oxygens (including phenoxy) is 1. The van der Waals surface area contributed by atoms with Gasteiger partial charge in [-0.05, 0) is 11.3 Å². The molecular weight excluding hydrogens is 218 g/mol. The summed E-state index contributed by atoms with van der Waals surface area (Å²) in [5.74, 6) is 1.32. The van der Waals surface area contributed by atoms with Crippen LogP contribution in [0.25, 0.3) is 0 Å². The molecule has 0 aromatic carbocycles. The van der Waals surface area contributed by atoms with Gasteiger partial charge in [0.25, 0.3) is 0 Å². The molecule has 0 fully saturated rings. The van der Waals surface area contributed by atoms with E-state index >= 15 is 0 Å². The molecule has 2 atom stereocenters. The molecular formula is C12H23N3O2. The average Bonchev–Trinajstić information content (AvgIpc) is 2.64. The van der Waals surface area contributed by atoms with Crippen LogP contribution >= 0.6 is 0 Å². The summed E-state index contributed by atoms with van der Waals surface area (Å²) in [6.45, 7) is 10.2. The second-order valence-corrected chi connectivity index (χ2v) is 5.73. The topological polar surface area (TPSA) is 74.2 Å². The molecule has 1 aromatic rings. The van der Waals surface area contributed by atoms with Crippen molar-refractivity contribution in [1.82, 2.24) is 10.1 Å². The highest BCUT2D eigenvalue weighted by Gasteiger charge is 2.29. The molecule has 5 heteroatoms. The lowest BCUT2D eigenvalue weighted by atomic mass is 9.87. The van der Waals surface area contributed by atoms with Crippen LogP contribution in [0.4, 0.5) is 0 Å². The Bertz CT molecular complexity index is 338. The van der Waals surface area contributed by atoms with Crippen LogP contribution in [0.5, 0.6) is 0 Å².